The second-order valence-corrected chi connectivity index (χ2v) is 7.06. The van der Waals surface area contributed by atoms with Crippen molar-refractivity contribution in [2.45, 2.75) is 5.03 Å². The highest BCUT2D eigenvalue weighted by molar-refractivity contribution is 9.10. The summed E-state index contributed by atoms with van der Waals surface area (Å²) < 4.78 is 27.5. The van der Waals surface area contributed by atoms with E-state index in [1.165, 1.54) is 20.2 Å². The van der Waals surface area contributed by atoms with E-state index in [0.717, 1.165) is 8.99 Å². The predicted octanol–water partition coefficient (Wildman–Crippen LogP) is 1.64. The van der Waals surface area contributed by atoms with Gasteiger partial charge >= 0.3 is 0 Å². The van der Waals surface area contributed by atoms with E-state index in [1.54, 1.807) is 12.1 Å². The number of rotatable bonds is 3. The highest BCUT2D eigenvalue weighted by atomic mass is 79.9. The molecule has 0 saturated heterocycles. The van der Waals surface area contributed by atoms with E-state index in [4.69, 9.17) is 17.3 Å². The summed E-state index contributed by atoms with van der Waals surface area (Å²) >= 11 is 8.95. The molecule has 0 aliphatic carbocycles. The van der Waals surface area contributed by atoms with E-state index in [1.807, 2.05) is 0 Å². The van der Waals surface area contributed by atoms with Crippen LogP contribution in [0, 0.1) is 0 Å². The summed E-state index contributed by atoms with van der Waals surface area (Å²) in [6, 6.07) is 4.61. The molecule has 2 aromatic rings. The number of halogens is 2. The van der Waals surface area contributed by atoms with Crippen molar-refractivity contribution in [1.29, 1.82) is 0 Å². The molecular weight excluding hydrogens is 370 g/mol. The fourth-order valence-electron chi connectivity index (χ4n) is 1.65. The minimum Gasteiger partial charge on any atom is -0.397 e. The Morgan fingerprint density at radius 2 is 2.10 bits per heavy atom. The normalized spacial score (nSPS) is 11.6. The average Bonchev–Trinajstić information content (AvgIpc) is 2.71. The zero-order valence-electron chi connectivity index (χ0n) is 10.6. The molecule has 0 spiro atoms. The Labute approximate surface area is 129 Å². The van der Waals surface area contributed by atoms with Crippen molar-refractivity contribution in [2.75, 3.05) is 17.1 Å². The van der Waals surface area contributed by atoms with Gasteiger partial charge in [-0.1, -0.05) is 16.8 Å². The van der Waals surface area contributed by atoms with Crippen molar-refractivity contribution in [3.05, 3.63) is 27.8 Å². The summed E-state index contributed by atoms with van der Waals surface area (Å²) in [5.41, 5.74) is 6.38. The summed E-state index contributed by atoms with van der Waals surface area (Å²) in [6.45, 7) is 0. The maximum absolute atomic E-state index is 12.6. The molecule has 1 heterocycles. The van der Waals surface area contributed by atoms with Gasteiger partial charge in [-0.05, 0) is 34.1 Å². The van der Waals surface area contributed by atoms with Gasteiger partial charge in [0.2, 0.25) is 5.03 Å². The number of benzene rings is 1. The third-order valence-electron chi connectivity index (χ3n) is 2.67. The fraction of sp³-hybridized carbons (Fsp3) is 0.200. The molecule has 0 bridgehead atoms. The Kier molecular flexibility index (Phi) is 3.94. The molecule has 108 valence electrons. The van der Waals surface area contributed by atoms with Crippen LogP contribution in [0.3, 0.4) is 0 Å². The first-order valence-corrected chi connectivity index (χ1v) is 7.95. The van der Waals surface area contributed by atoms with Gasteiger partial charge < -0.3 is 5.73 Å². The number of nitrogens with zero attached hydrogens (tertiary/aromatic N) is 4. The van der Waals surface area contributed by atoms with E-state index < -0.39 is 10.0 Å². The van der Waals surface area contributed by atoms with Crippen LogP contribution in [-0.2, 0) is 17.1 Å². The lowest BCUT2D eigenvalue weighted by Gasteiger charge is -2.21. The number of anilines is 2. The van der Waals surface area contributed by atoms with Crippen LogP contribution in [0.5, 0.6) is 0 Å². The highest BCUT2D eigenvalue weighted by Crippen LogP contribution is 2.31. The van der Waals surface area contributed by atoms with Gasteiger partial charge in [-0.15, -0.1) is 5.10 Å². The molecule has 10 heteroatoms. The molecule has 0 unspecified atom stereocenters. The van der Waals surface area contributed by atoms with Gasteiger partial charge in [0.05, 0.1) is 11.4 Å². The van der Waals surface area contributed by atoms with Crippen molar-refractivity contribution >= 4 is 48.9 Å². The first-order valence-electron chi connectivity index (χ1n) is 5.34. The molecule has 1 aromatic heterocycles. The smallest absolute Gasteiger partial charge is 0.284 e. The summed E-state index contributed by atoms with van der Waals surface area (Å²) in [5.74, 6) is 0. The van der Waals surface area contributed by atoms with E-state index in [-0.39, 0.29) is 15.3 Å². The Balaban J connectivity index is 2.58. The van der Waals surface area contributed by atoms with E-state index in [0.29, 0.717) is 10.7 Å². The first-order chi connectivity index (χ1) is 9.25. The maximum Gasteiger partial charge on any atom is 0.284 e. The second-order valence-electron chi connectivity index (χ2n) is 3.98. The van der Waals surface area contributed by atoms with Gasteiger partial charge in [-0.25, -0.2) is 4.68 Å². The molecule has 0 amide bonds. The molecule has 1 aromatic carbocycles. The van der Waals surface area contributed by atoms with Gasteiger partial charge in [0.15, 0.2) is 4.60 Å². The molecule has 20 heavy (non-hydrogen) atoms. The maximum atomic E-state index is 12.6. The van der Waals surface area contributed by atoms with E-state index in [9.17, 15) is 8.42 Å². The third-order valence-corrected chi connectivity index (χ3v) is 5.57. The van der Waals surface area contributed by atoms with Crippen LogP contribution in [0.2, 0.25) is 5.02 Å². The zero-order chi connectivity index (χ0) is 15.1. The number of sulfonamides is 1. The second kappa shape index (κ2) is 5.23. The van der Waals surface area contributed by atoms with Gasteiger partial charge in [0, 0.05) is 19.1 Å². The van der Waals surface area contributed by atoms with Crippen LogP contribution in [-0.4, -0.2) is 30.5 Å². The monoisotopic (exact) mass is 379 g/mol. The molecule has 2 rings (SSSR count). The number of hydrogen-bond donors (Lipinski definition) is 1. The topological polar surface area (TPSA) is 94.1 Å². The molecule has 0 saturated carbocycles. The van der Waals surface area contributed by atoms with Crippen molar-refractivity contribution in [1.82, 2.24) is 15.0 Å². The van der Waals surface area contributed by atoms with Crippen molar-refractivity contribution in [3.63, 3.8) is 0 Å². The molecular formula is C10H11BrClN5O2S. The minimum atomic E-state index is -3.86. The Morgan fingerprint density at radius 1 is 1.45 bits per heavy atom. The van der Waals surface area contributed by atoms with Crippen molar-refractivity contribution in [3.8, 4) is 0 Å². The quantitative estimate of drug-likeness (QED) is 0.817. The van der Waals surface area contributed by atoms with Crippen molar-refractivity contribution < 1.29 is 8.42 Å². The van der Waals surface area contributed by atoms with Crippen LogP contribution in [0.25, 0.3) is 0 Å². The van der Waals surface area contributed by atoms with Gasteiger partial charge in [0.1, 0.15) is 0 Å². The molecule has 0 aliphatic rings. The summed E-state index contributed by atoms with van der Waals surface area (Å²) in [7, 11) is -0.992. The summed E-state index contributed by atoms with van der Waals surface area (Å²) in [6.07, 6.45) is 0. The van der Waals surface area contributed by atoms with E-state index in [2.05, 4.69) is 26.2 Å². The molecule has 0 fully saturated rings. The molecule has 0 atom stereocenters. The molecule has 0 radical (unpaired) electrons. The zero-order valence-corrected chi connectivity index (χ0v) is 13.7. The van der Waals surface area contributed by atoms with Gasteiger partial charge in [0.25, 0.3) is 10.0 Å². The molecule has 7 nitrogen and oxygen atoms in total. The van der Waals surface area contributed by atoms with Crippen molar-refractivity contribution in [2.24, 2.45) is 7.05 Å². The van der Waals surface area contributed by atoms with Crippen LogP contribution in [0.1, 0.15) is 0 Å². The number of aryl methyl sites for hydroxylation is 1. The summed E-state index contributed by atoms with van der Waals surface area (Å²) in [5, 5.41) is 7.64. The SMILES string of the molecule is CN(c1cc(Cl)ccc1N)S(=O)(=O)c1c(Br)nnn1C. The van der Waals surface area contributed by atoms with Crippen LogP contribution in [0.15, 0.2) is 27.8 Å². The van der Waals surface area contributed by atoms with E-state index >= 15 is 0 Å². The third kappa shape index (κ3) is 2.48. The largest absolute Gasteiger partial charge is 0.397 e. The van der Waals surface area contributed by atoms with Crippen LogP contribution in [0.4, 0.5) is 11.4 Å². The van der Waals surface area contributed by atoms with Crippen LogP contribution < -0.4 is 10.0 Å². The molecule has 2 N–H and O–H groups in total. The number of hydrogen-bond acceptors (Lipinski definition) is 5. The highest BCUT2D eigenvalue weighted by Gasteiger charge is 2.29. The Hall–Kier alpha value is -1.32. The number of nitrogens with two attached hydrogens (primary N) is 1. The Morgan fingerprint density at radius 3 is 2.65 bits per heavy atom. The lowest BCUT2D eigenvalue weighted by Crippen LogP contribution is -2.29. The number of nitrogen functional groups attached to an aromatic ring is 1. The summed E-state index contributed by atoms with van der Waals surface area (Å²) in [4.78, 5) is 0. The van der Waals surface area contributed by atoms with Crippen LogP contribution >= 0.6 is 27.5 Å². The lowest BCUT2D eigenvalue weighted by atomic mass is 10.3. The van der Waals surface area contributed by atoms with Gasteiger partial charge in [-0.2, -0.15) is 8.42 Å². The lowest BCUT2D eigenvalue weighted by molar-refractivity contribution is 0.572. The average molecular weight is 381 g/mol. The Bertz CT molecular complexity index is 742. The standard InChI is InChI=1S/C10H11BrClN5O2S/c1-16-10(9(11)14-15-16)20(18,19)17(2)8-5-6(12)3-4-7(8)13/h3-5H,13H2,1-2H3. The predicted molar refractivity (Wildman–Crippen MR) is 80.2 cm³/mol. The first kappa shape index (κ1) is 15.1. The van der Waals surface area contributed by atoms with Gasteiger partial charge in [-0.3, -0.25) is 4.31 Å². The minimum absolute atomic E-state index is 0.0700. The number of aromatic nitrogens is 3. The molecule has 0 aliphatic heterocycles. The fourth-order valence-corrected chi connectivity index (χ4v) is 4.05.